The van der Waals surface area contributed by atoms with Gasteiger partial charge in [0, 0.05) is 25.4 Å². The molecule has 1 N–H and O–H groups in total. The zero-order chi connectivity index (χ0) is 26.1. The molecule has 3 heterocycles. The number of benzene rings is 1. The first-order chi connectivity index (χ1) is 17.0. The Morgan fingerprint density at radius 3 is 2.50 bits per heavy atom. The smallest absolute Gasteiger partial charge is 0.352 e. The SMILES string of the molecule is [C-]#[N+]c1ccc(-n2nccn2)c(C(=O)N2CC(F)(F)C[C@@H](C)[C@H]2CNc2ncc(C(F)(F)F)cn2)c1. The molecule has 1 saturated heterocycles. The van der Waals surface area contributed by atoms with E-state index in [1.54, 1.807) is 6.92 Å². The van der Waals surface area contributed by atoms with E-state index in [4.69, 9.17) is 6.57 Å². The summed E-state index contributed by atoms with van der Waals surface area (Å²) in [7, 11) is 0. The average Bonchev–Trinajstić information content (AvgIpc) is 3.36. The van der Waals surface area contributed by atoms with Crippen LogP contribution in [-0.2, 0) is 6.18 Å². The number of halogens is 5. The lowest BCUT2D eigenvalue weighted by Crippen LogP contribution is -2.57. The third kappa shape index (κ3) is 5.24. The first-order valence-corrected chi connectivity index (χ1v) is 10.7. The highest BCUT2D eigenvalue weighted by molar-refractivity contribution is 5.99. The van der Waals surface area contributed by atoms with E-state index in [1.165, 1.54) is 30.6 Å². The van der Waals surface area contributed by atoms with Gasteiger partial charge in [-0.15, -0.1) is 0 Å². The zero-order valence-corrected chi connectivity index (χ0v) is 18.7. The van der Waals surface area contributed by atoms with Crippen molar-refractivity contribution in [2.75, 3.05) is 18.4 Å². The number of hydrogen-bond acceptors (Lipinski definition) is 6. The highest BCUT2D eigenvalue weighted by Crippen LogP contribution is 2.36. The van der Waals surface area contributed by atoms with Gasteiger partial charge in [-0.2, -0.15) is 28.2 Å². The topological polar surface area (TPSA) is 93.2 Å². The first-order valence-electron chi connectivity index (χ1n) is 10.7. The second kappa shape index (κ2) is 9.48. The quantitative estimate of drug-likeness (QED) is 0.412. The van der Waals surface area contributed by atoms with Gasteiger partial charge < -0.3 is 10.2 Å². The van der Waals surface area contributed by atoms with Gasteiger partial charge in [0.15, 0.2) is 5.69 Å². The molecule has 1 aromatic carbocycles. The van der Waals surface area contributed by atoms with Gasteiger partial charge in [0.1, 0.15) is 0 Å². The summed E-state index contributed by atoms with van der Waals surface area (Å²) in [6, 6.07) is 3.42. The standard InChI is InChI=1S/C22H19F5N8O/c1-13-8-21(23,24)12-34(18(13)11-31-20-29-9-14(10-30-20)22(25,26)27)19(36)16-7-15(28-2)3-4-17(16)35-32-5-6-33-35/h3-7,9-10,13,18H,8,11-12H2,1H3,(H,29,30,31)/t13-,18-/m1/s1. The number of amides is 1. The number of nitrogens with one attached hydrogen (secondary N) is 1. The van der Waals surface area contributed by atoms with Crippen LogP contribution in [0.2, 0.25) is 0 Å². The minimum Gasteiger partial charge on any atom is -0.352 e. The molecule has 2 aromatic heterocycles. The molecule has 9 nitrogen and oxygen atoms in total. The number of piperidine rings is 1. The molecule has 1 amide bonds. The van der Waals surface area contributed by atoms with Gasteiger partial charge in [-0.1, -0.05) is 13.0 Å². The lowest BCUT2D eigenvalue weighted by Gasteiger charge is -2.43. The molecule has 0 saturated carbocycles. The summed E-state index contributed by atoms with van der Waals surface area (Å²) in [4.78, 5) is 26.4. The van der Waals surface area contributed by atoms with E-state index in [2.05, 4.69) is 30.3 Å². The number of carbonyl (C=O) groups excluding carboxylic acids is 1. The molecule has 0 unspecified atom stereocenters. The number of aromatic nitrogens is 5. The number of carbonyl (C=O) groups is 1. The monoisotopic (exact) mass is 506 g/mol. The van der Waals surface area contributed by atoms with Crippen molar-refractivity contribution in [1.82, 2.24) is 29.9 Å². The summed E-state index contributed by atoms with van der Waals surface area (Å²) in [5, 5.41) is 10.7. The molecular formula is C22H19F5N8O. The summed E-state index contributed by atoms with van der Waals surface area (Å²) in [6.45, 7) is 7.85. The molecule has 14 heteroatoms. The minimum absolute atomic E-state index is 0.0413. The number of anilines is 1. The number of likely N-dealkylation sites (tertiary alicyclic amines) is 1. The highest BCUT2D eigenvalue weighted by Gasteiger charge is 2.46. The zero-order valence-electron chi connectivity index (χ0n) is 18.7. The molecule has 1 aliphatic heterocycles. The van der Waals surface area contributed by atoms with Gasteiger partial charge in [-0.05, 0) is 18.1 Å². The van der Waals surface area contributed by atoms with Crippen molar-refractivity contribution in [3.63, 3.8) is 0 Å². The van der Waals surface area contributed by atoms with Crippen molar-refractivity contribution in [1.29, 1.82) is 0 Å². The largest absolute Gasteiger partial charge is 0.419 e. The van der Waals surface area contributed by atoms with E-state index < -0.39 is 48.5 Å². The fourth-order valence-corrected chi connectivity index (χ4v) is 4.07. The Labute approximate surface area is 201 Å². The normalized spacial score (nSPS) is 19.5. The van der Waals surface area contributed by atoms with Crippen LogP contribution in [0.1, 0.15) is 29.3 Å². The van der Waals surface area contributed by atoms with E-state index in [1.807, 2.05) is 0 Å². The van der Waals surface area contributed by atoms with Crippen molar-refractivity contribution in [3.8, 4) is 5.69 Å². The predicted octanol–water partition coefficient (Wildman–Crippen LogP) is 4.22. The van der Waals surface area contributed by atoms with E-state index in [0.717, 1.165) is 9.70 Å². The fraction of sp³-hybridized carbons (Fsp3) is 0.364. The fourth-order valence-electron chi connectivity index (χ4n) is 4.07. The number of nitrogens with zero attached hydrogens (tertiary/aromatic N) is 7. The molecule has 0 aliphatic carbocycles. The van der Waals surface area contributed by atoms with Crippen LogP contribution < -0.4 is 5.32 Å². The molecular weight excluding hydrogens is 487 g/mol. The molecule has 0 spiro atoms. The van der Waals surface area contributed by atoms with Crippen molar-refractivity contribution in [2.45, 2.75) is 31.5 Å². The Kier molecular flexibility index (Phi) is 6.57. The number of rotatable bonds is 5. The summed E-state index contributed by atoms with van der Waals surface area (Å²) in [5.74, 6) is -4.76. The van der Waals surface area contributed by atoms with Gasteiger partial charge >= 0.3 is 6.18 Å². The summed E-state index contributed by atoms with van der Waals surface area (Å²) < 4.78 is 67.4. The average molecular weight is 506 g/mol. The Balaban J connectivity index is 1.64. The Hall–Kier alpha value is -4.15. The highest BCUT2D eigenvalue weighted by atomic mass is 19.4. The molecule has 1 fully saturated rings. The van der Waals surface area contributed by atoms with Gasteiger partial charge in [0.05, 0.1) is 48.4 Å². The van der Waals surface area contributed by atoms with Crippen LogP contribution in [0.5, 0.6) is 0 Å². The van der Waals surface area contributed by atoms with Crippen LogP contribution in [0, 0.1) is 12.5 Å². The van der Waals surface area contributed by atoms with Crippen molar-refractivity contribution in [3.05, 3.63) is 65.5 Å². The first kappa shape index (κ1) is 25.0. The molecule has 0 bridgehead atoms. The second-order valence-corrected chi connectivity index (χ2v) is 8.34. The van der Waals surface area contributed by atoms with Crippen molar-refractivity contribution in [2.24, 2.45) is 5.92 Å². The minimum atomic E-state index is -4.60. The van der Waals surface area contributed by atoms with Crippen molar-refractivity contribution >= 4 is 17.5 Å². The molecule has 2 atom stereocenters. The lowest BCUT2D eigenvalue weighted by atomic mass is 9.87. The predicted molar refractivity (Wildman–Crippen MR) is 117 cm³/mol. The molecule has 3 aromatic rings. The van der Waals surface area contributed by atoms with Crippen LogP contribution in [0.15, 0.2) is 43.0 Å². The van der Waals surface area contributed by atoms with Crippen LogP contribution in [0.25, 0.3) is 10.5 Å². The van der Waals surface area contributed by atoms with Gasteiger partial charge in [-0.3, -0.25) is 4.79 Å². The summed E-state index contributed by atoms with van der Waals surface area (Å²) in [6.07, 6.45) is -1.12. The molecule has 36 heavy (non-hydrogen) atoms. The van der Waals surface area contributed by atoms with Crippen molar-refractivity contribution < 1.29 is 26.7 Å². The molecule has 188 valence electrons. The maximum absolute atomic E-state index is 14.6. The second-order valence-electron chi connectivity index (χ2n) is 8.34. The maximum atomic E-state index is 14.6. The molecule has 1 aliphatic rings. The number of hydrogen-bond donors (Lipinski definition) is 1. The van der Waals surface area contributed by atoms with Crippen LogP contribution in [-0.4, -0.2) is 60.8 Å². The third-order valence-electron chi connectivity index (χ3n) is 5.76. The summed E-state index contributed by atoms with van der Waals surface area (Å²) >= 11 is 0. The Bertz CT molecular complexity index is 1270. The Morgan fingerprint density at radius 2 is 1.89 bits per heavy atom. The van der Waals surface area contributed by atoms with E-state index >= 15 is 0 Å². The van der Waals surface area contributed by atoms with Crippen LogP contribution in [0.3, 0.4) is 0 Å². The Morgan fingerprint density at radius 1 is 1.22 bits per heavy atom. The lowest BCUT2D eigenvalue weighted by molar-refractivity contribution is -0.138. The third-order valence-corrected chi connectivity index (χ3v) is 5.76. The van der Waals surface area contributed by atoms with E-state index in [0.29, 0.717) is 12.4 Å². The van der Waals surface area contributed by atoms with Gasteiger partial charge in [0.25, 0.3) is 11.8 Å². The van der Waals surface area contributed by atoms with E-state index in [9.17, 15) is 26.7 Å². The molecule has 4 rings (SSSR count). The van der Waals surface area contributed by atoms with Crippen LogP contribution in [0.4, 0.5) is 33.6 Å². The van der Waals surface area contributed by atoms with Gasteiger partial charge in [-0.25, -0.2) is 23.6 Å². The maximum Gasteiger partial charge on any atom is 0.419 e. The van der Waals surface area contributed by atoms with E-state index in [-0.39, 0.29) is 29.4 Å². The van der Waals surface area contributed by atoms with Gasteiger partial charge in [0.2, 0.25) is 5.95 Å². The van der Waals surface area contributed by atoms with Crippen LogP contribution >= 0.6 is 0 Å². The summed E-state index contributed by atoms with van der Waals surface area (Å²) in [5.41, 5.74) is -0.744. The molecule has 0 radical (unpaired) electrons. The number of alkyl halides is 5.